The Morgan fingerprint density at radius 1 is 1.14 bits per heavy atom. The highest BCUT2D eigenvalue weighted by atomic mass is 35.5. The highest BCUT2D eigenvalue weighted by molar-refractivity contribution is 6.31. The molecule has 0 saturated carbocycles. The molecule has 1 aromatic heterocycles. The van der Waals surface area contributed by atoms with Crippen LogP contribution in [0.25, 0.3) is 11.3 Å². The van der Waals surface area contributed by atoms with Crippen LogP contribution in [0.2, 0.25) is 5.02 Å². The number of ether oxygens (including phenoxy) is 1. The fourth-order valence-corrected chi connectivity index (χ4v) is 4.94. The molecule has 1 aliphatic rings. The second kappa shape index (κ2) is 14.4. The maximum atomic E-state index is 13.3. The van der Waals surface area contributed by atoms with Gasteiger partial charge >= 0.3 is 6.61 Å². The van der Waals surface area contributed by atoms with E-state index in [1.165, 1.54) is 35.2 Å². The molecule has 0 unspecified atom stereocenters. The molecule has 0 spiro atoms. The summed E-state index contributed by atoms with van der Waals surface area (Å²) in [6, 6.07) is 13.4. The van der Waals surface area contributed by atoms with Crippen molar-refractivity contribution in [3.8, 4) is 23.1 Å². The van der Waals surface area contributed by atoms with E-state index >= 15 is 0 Å². The van der Waals surface area contributed by atoms with Crippen LogP contribution in [0.1, 0.15) is 5.56 Å². The average Bonchev–Trinajstić information content (AvgIpc) is 3.41. The van der Waals surface area contributed by atoms with Crippen molar-refractivity contribution in [1.82, 2.24) is 25.3 Å². The second-order valence-corrected chi connectivity index (χ2v) is 10.0. The summed E-state index contributed by atoms with van der Waals surface area (Å²) >= 11 is 6.20. The number of carbonyl (C=O) groups excluding carboxylic acids is 2. The molecule has 1 aliphatic heterocycles. The van der Waals surface area contributed by atoms with Gasteiger partial charge in [-0.25, -0.2) is 0 Å². The summed E-state index contributed by atoms with van der Waals surface area (Å²) in [5.74, 6) is -0.596. The van der Waals surface area contributed by atoms with Gasteiger partial charge in [0.15, 0.2) is 0 Å². The number of anilines is 2. The predicted octanol–water partition coefficient (Wildman–Crippen LogP) is 3.80. The highest BCUT2D eigenvalue weighted by Crippen LogP contribution is 2.37. The molecule has 1 saturated heterocycles. The van der Waals surface area contributed by atoms with Crippen molar-refractivity contribution in [3.05, 3.63) is 83.3 Å². The molecular weight excluding hydrogens is 594 g/mol. The number of carbonyl (C=O) groups is 2. The van der Waals surface area contributed by atoms with Crippen LogP contribution in [-0.4, -0.2) is 73.4 Å². The quantitative estimate of drug-likeness (QED) is 0.217. The Bertz CT molecular complexity index is 1590. The van der Waals surface area contributed by atoms with E-state index in [2.05, 4.69) is 38.6 Å². The first-order chi connectivity index (χ1) is 21.2. The van der Waals surface area contributed by atoms with Gasteiger partial charge in [0.05, 0.1) is 22.9 Å². The molecule has 14 heteroatoms. The third-order valence-electron chi connectivity index (χ3n) is 6.93. The summed E-state index contributed by atoms with van der Waals surface area (Å²) in [6.45, 7) is 2.51. The SMILES string of the molecule is C=CC(C(=O)Nc1cn(CC(=O)N2CCN(c3ccc(C#N)cc3)CC2)nc1-c1cc(Cl)ccc1OC(F)F)=C(NC)NC. The first-order valence-electron chi connectivity index (χ1n) is 13.6. The van der Waals surface area contributed by atoms with E-state index in [1.54, 1.807) is 31.1 Å². The summed E-state index contributed by atoms with van der Waals surface area (Å²) < 4.78 is 32.5. The van der Waals surface area contributed by atoms with Gasteiger partial charge in [0.1, 0.15) is 23.8 Å². The molecule has 0 radical (unpaired) electrons. The topological polar surface area (TPSA) is 128 Å². The third-order valence-corrected chi connectivity index (χ3v) is 7.17. The van der Waals surface area contributed by atoms with Crippen molar-refractivity contribution in [3.63, 3.8) is 0 Å². The number of aromatic nitrogens is 2. The van der Waals surface area contributed by atoms with Crippen molar-refractivity contribution in [2.75, 3.05) is 50.5 Å². The lowest BCUT2D eigenvalue weighted by Crippen LogP contribution is -2.49. The van der Waals surface area contributed by atoms with Gasteiger partial charge in [-0.3, -0.25) is 14.3 Å². The molecule has 0 atom stereocenters. The number of benzene rings is 2. The summed E-state index contributed by atoms with van der Waals surface area (Å²) in [5.41, 5.74) is 2.03. The number of halogens is 3. The van der Waals surface area contributed by atoms with Crippen LogP contribution in [0.3, 0.4) is 0 Å². The molecule has 2 amide bonds. The summed E-state index contributed by atoms with van der Waals surface area (Å²) in [5, 5.41) is 22.2. The first kappa shape index (κ1) is 31.8. The number of nitriles is 1. The Kier molecular flexibility index (Phi) is 10.4. The molecule has 2 heterocycles. The number of rotatable bonds is 11. The number of nitrogens with zero attached hydrogens (tertiary/aromatic N) is 5. The van der Waals surface area contributed by atoms with Crippen molar-refractivity contribution < 1.29 is 23.1 Å². The predicted molar refractivity (Wildman–Crippen MR) is 163 cm³/mol. The Morgan fingerprint density at radius 2 is 1.82 bits per heavy atom. The van der Waals surface area contributed by atoms with Gasteiger partial charge < -0.3 is 30.5 Å². The lowest BCUT2D eigenvalue weighted by atomic mass is 10.1. The van der Waals surface area contributed by atoms with Gasteiger partial charge in [0.2, 0.25) is 5.91 Å². The minimum atomic E-state index is -3.12. The molecule has 4 rings (SSSR count). The molecule has 3 N–H and O–H groups in total. The maximum Gasteiger partial charge on any atom is 0.387 e. The molecule has 0 bridgehead atoms. The van der Waals surface area contributed by atoms with E-state index in [9.17, 15) is 18.4 Å². The van der Waals surface area contributed by atoms with Gasteiger partial charge in [-0.05, 0) is 42.5 Å². The van der Waals surface area contributed by atoms with Gasteiger partial charge in [-0.2, -0.15) is 19.1 Å². The van der Waals surface area contributed by atoms with Crippen molar-refractivity contribution in [2.24, 2.45) is 0 Å². The van der Waals surface area contributed by atoms with Crippen molar-refractivity contribution in [1.29, 1.82) is 5.26 Å². The molecule has 11 nitrogen and oxygen atoms in total. The Balaban J connectivity index is 1.59. The molecule has 2 aromatic carbocycles. The molecular formula is C30H31ClF2N8O3. The average molecular weight is 625 g/mol. The van der Waals surface area contributed by atoms with Gasteiger partial charge in [0, 0.05) is 62.7 Å². The summed E-state index contributed by atoms with van der Waals surface area (Å²) in [6.07, 6.45) is 2.80. The van der Waals surface area contributed by atoms with Crippen molar-refractivity contribution >= 4 is 34.8 Å². The van der Waals surface area contributed by atoms with Crippen molar-refractivity contribution in [2.45, 2.75) is 13.2 Å². The number of hydrogen-bond donors (Lipinski definition) is 3. The maximum absolute atomic E-state index is 13.3. The minimum Gasteiger partial charge on any atom is -0.434 e. The normalized spacial score (nSPS) is 12.8. The van der Waals surface area contributed by atoms with E-state index in [1.807, 2.05) is 12.1 Å². The fraction of sp³-hybridized carbons (Fsp3) is 0.267. The fourth-order valence-electron chi connectivity index (χ4n) is 4.77. The summed E-state index contributed by atoms with van der Waals surface area (Å²) in [7, 11) is 3.25. The van der Waals surface area contributed by atoms with E-state index in [0.29, 0.717) is 37.6 Å². The van der Waals surface area contributed by atoms with Crippen LogP contribution in [0, 0.1) is 11.3 Å². The lowest BCUT2D eigenvalue weighted by Gasteiger charge is -2.36. The molecule has 0 aliphatic carbocycles. The zero-order chi connectivity index (χ0) is 31.8. The Labute approximate surface area is 258 Å². The van der Waals surface area contributed by atoms with Crippen LogP contribution in [0.15, 0.2) is 72.7 Å². The second-order valence-electron chi connectivity index (χ2n) is 9.58. The number of nitrogens with one attached hydrogen (secondary N) is 3. The standard InChI is InChI=1S/C30H31ClF2N8O3/c1-4-22(28(35-2)36-3)29(43)37-24-17-41(38-27(24)23-15-20(31)7-10-25(23)44-30(32)33)18-26(42)40-13-11-39(12-14-40)21-8-5-19(16-34)6-9-21/h4-10,15,17,30,35-36H,1,11-14,18H2,2-3H3,(H,37,43). The zero-order valence-electron chi connectivity index (χ0n) is 24.1. The Morgan fingerprint density at radius 3 is 2.41 bits per heavy atom. The van der Waals surface area contributed by atoms with E-state index < -0.39 is 12.5 Å². The van der Waals surface area contributed by atoms with Crippen LogP contribution in [0.4, 0.5) is 20.2 Å². The van der Waals surface area contributed by atoms with E-state index in [-0.39, 0.29) is 45.7 Å². The van der Waals surface area contributed by atoms with Crippen LogP contribution in [-0.2, 0) is 16.1 Å². The number of alkyl halides is 2. The number of hydrogen-bond acceptors (Lipinski definition) is 8. The van der Waals surface area contributed by atoms with Gasteiger partial charge in [-0.1, -0.05) is 24.3 Å². The first-order valence-corrected chi connectivity index (χ1v) is 13.9. The number of piperazine rings is 1. The summed E-state index contributed by atoms with van der Waals surface area (Å²) in [4.78, 5) is 30.4. The third kappa shape index (κ3) is 7.45. The van der Waals surface area contributed by atoms with Crippen LogP contribution < -0.4 is 25.6 Å². The molecule has 230 valence electrons. The minimum absolute atomic E-state index is 0.0776. The van der Waals surface area contributed by atoms with E-state index in [0.717, 1.165) is 5.69 Å². The molecule has 44 heavy (non-hydrogen) atoms. The van der Waals surface area contributed by atoms with Crippen LogP contribution in [0.5, 0.6) is 5.75 Å². The zero-order valence-corrected chi connectivity index (χ0v) is 24.9. The number of amides is 2. The lowest BCUT2D eigenvalue weighted by molar-refractivity contribution is -0.132. The van der Waals surface area contributed by atoms with Gasteiger partial charge in [0.25, 0.3) is 5.91 Å². The monoisotopic (exact) mass is 624 g/mol. The molecule has 3 aromatic rings. The largest absolute Gasteiger partial charge is 0.434 e. The highest BCUT2D eigenvalue weighted by Gasteiger charge is 2.25. The van der Waals surface area contributed by atoms with Gasteiger partial charge in [-0.15, -0.1) is 0 Å². The van der Waals surface area contributed by atoms with E-state index in [4.69, 9.17) is 21.6 Å². The van der Waals surface area contributed by atoms with Crippen LogP contribution >= 0.6 is 11.6 Å². The molecule has 1 fully saturated rings. The smallest absolute Gasteiger partial charge is 0.387 e. The Hall–Kier alpha value is -5.09.